The van der Waals surface area contributed by atoms with Gasteiger partial charge in [0.25, 0.3) is 0 Å². The molecule has 1 heterocycles. The summed E-state index contributed by atoms with van der Waals surface area (Å²) in [6.45, 7) is 4.37. The lowest BCUT2D eigenvalue weighted by Gasteiger charge is -2.48. The van der Waals surface area contributed by atoms with Crippen LogP contribution in [-0.4, -0.2) is 54.7 Å². The van der Waals surface area contributed by atoms with E-state index in [2.05, 4.69) is 10.2 Å². The normalized spacial score (nSPS) is 28.9. The first-order valence-electron chi connectivity index (χ1n) is 8.05. The molecule has 1 amide bonds. The highest BCUT2D eigenvalue weighted by atomic mass is 16.5. The average Bonchev–Trinajstić information content (AvgIpc) is 3.26. The van der Waals surface area contributed by atoms with E-state index in [1.165, 1.54) is 32.1 Å². The number of nitrogens with one attached hydrogen (secondary N) is 1. The van der Waals surface area contributed by atoms with Gasteiger partial charge in [0.2, 0.25) is 5.91 Å². The van der Waals surface area contributed by atoms with Crippen LogP contribution in [0.1, 0.15) is 44.9 Å². The van der Waals surface area contributed by atoms with E-state index in [-0.39, 0.29) is 11.4 Å². The maximum absolute atomic E-state index is 12.1. The van der Waals surface area contributed by atoms with Crippen molar-refractivity contribution in [2.75, 3.05) is 32.8 Å². The molecule has 3 aliphatic rings. The Bertz CT molecular complexity index is 356. The second-order valence-electron chi connectivity index (χ2n) is 6.72. The van der Waals surface area contributed by atoms with Crippen molar-refractivity contribution in [3.05, 3.63) is 0 Å². The molecule has 0 radical (unpaired) electrons. The Kier molecular flexibility index (Phi) is 4.02. The van der Waals surface area contributed by atoms with Gasteiger partial charge in [-0.25, -0.2) is 0 Å². The second kappa shape index (κ2) is 5.62. The van der Waals surface area contributed by atoms with Gasteiger partial charge in [-0.15, -0.1) is 0 Å². The molecule has 2 aliphatic carbocycles. The number of amides is 1. The zero-order valence-corrected chi connectivity index (χ0v) is 12.3. The van der Waals surface area contributed by atoms with Gasteiger partial charge in [-0.1, -0.05) is 19.3 Å². The number of morpholine rings is 1. The maximum atomic E-state index is 12.1. The summed E-state index contributed by atoms with van der Waals surface area (Å²) < 4.78 is 5.48. The molecule has 2 saturated carbocycles. The molecule has 1 aliphatic heterocycles. The summed E-state index contributed by atoms with van der Waals surface area (Å²) in [5, 5.41) is 3.15. The molecule has 114 valence electrons. The molecule has 20 heavy (non-hydrogen) atoms. The first kappa shape index (κ1) is 14.3. The summed E-state index contributed by atoms with van der Waals surface area (Å²) in [7, 11) is 0. The van der Waals surface area contributed by atoms with Crippen molar-refractivity contribution in [1.82, 2.24) is 10.2 Å². The van der Waals surface area contributed by atoms with Crippen molar-refractivity contribution in [2.45, 2.75) is 56.0 Å². The lowest BCUT2D eigenvalue weighted by molar-refractivity contribution is -0.124. The lowest BCUT2D eigenvalue weighted by atomic mass is 9.79. The van der Waals surface area contributed by atoms with Gasteiger partial charge in [0.1, 0.15) is 0 Å². The van der Waals surface area contributed by atoms with Gasteiger partial charge in [0, 0.05) is 25.2 Å². The number of carbonyl (C=O) groups is 1. The van der Waals surface area contributed by atoms with E-state index < -0.39 is 5.54 Å². The van der Waals surface area contributed by atoms with Crippen molar-refractivity contribution in [3.63, 3.8) is 0 Å². The van der Waals surface area contributed by atoms with Crippen LogP contribution >= 0.6 is 0 Å². The largest absolute Gasteiger partial charge is 0.379 e. The SMILES string of the molecule is NC1(C(=O)NCC2(N3CCOCC3)CCCCC2)CC1. The molecule has 3 rings (SSSR count). The fraction of sp³-hybridized carbons (Fsp3) is 0.933. The molecule has 5 heteroatoms. The van der Waals surface area contributed by atoms with E-state index in [0.717, 1.165) is 45.7 Å². The van der Waals surface area contributed by atoms with E-state index in [4.69, 9.17) is 10.5 Å². The third kappa shape index (κ3) is 2.85. The summed E-state index contributed by atoms with van der Waals surface area (Å²) in [5.74, 6) is 0.0516. The van der Waals surface area contributed by atoms with E-state index >= 15 is 0 Å². The standard InChI is InChI=1S/C15H27N3O2/c16-15(6-7-15)13(19)17-12-14(4-2-1-3-5-14)18-8-10-20-11-9-18/h1-12,16H2,(H,17,19). The Labute approximate surface area is 121 Å². The zero-order valence-electron chi connectivity index (χ0n) is 12.3. The molecule has 1 saturated heterocycles. The first-order chi connectivity index (χ1) is 9.65. The number of nitrogens with two attached hydrogens (primary N) is 1. The van der Waals surface area contributed by atoms with Gasteiger partial charge in [0.15, 0.2) is 0 Å². The molecule has 5 nitrogen and oxygen atoms in total. The molecule has 0 aromatic rings. The molecule has 0 aromatic carbocycles. The Morgan fingerprint density at radius 1 is 1.10 bits per heavy atom. The molecular weight excluding hydrogens is 254 g/mol. The van der Waals surface area contributed by atoms with Crippen LogP contribution < -0.4 is 11.1 Å². The topological polar surface area (TPSA) is 67.6 Å². The monoisotopic (exact) mass is 281 g/mol. The smallest absolute Gasteiger partial charge is 0.240 e. The number of rotatable bonds is 4. The van der Waals surface area contributed by atoms with Crippen LogP contribution in [0.5, 0.6) is 0 Å². The van der Waals surface area contributed by atoms with Crippen molar-refractivity contribution in [2.24, 2.45) is 5.73 Å². The number of carbonyl (C=O) groups excluding carboxylic acids is 1. The van der Waals surface area contributed by atoms with E-state index in [1.807, 2.05) is 0 Å². The average molecular weight is 281 g/mol. The van der Waals surface area contributed by atoms with Gasteiger partial charge < -0.3 is 15.8 Å². The summed E-state index contributed by atoms with van der Waals surface area (Å²) >= 11 is 0. The predicted octanol–water partition coefficient (Wildman–Crippen LogP) is 0.629. The number of hydrogen-bond acceptors (Lipinski definition) is 4. The van der Waals surface area contributed by atoms with E-state index in [9.17, 15) is 4.79 Å². The minimum absolute atomic E-state index is 0.0516. The van der Waals surface area contributed by atoms with Crippen LogP contribution in [0.15, 0.2) is 0 Å². The van der Waals surface area contributed by atoms with E-state index in [0.29, 0.717) is 0 Å². The van der Waals surface area contributed by atoms with Crippen molar-refractivity contribution < 1.29 is 9.53 Å². The van der Waals surface area contributed by atoms with Gasteiger partial charge in [-0.05, 0) is 25.7 Å². The van der Waals surface area contributed by atoms with Crippen LogP contribution in [-0.2, 0) is 9.53 Å². The lowest BCUT2D eigenvalue weighted by Crippen LogP contribution is -2.60. The third-order valence-corrected chi connectivity index (χ3v) is 5.29. The molecular formula is C15H27N3O2. The van der Waals surface area contributed by atoms with Crippen LogP contribution in [0, 0.1) is 0 Å². The minimum atomic E-state index is -0.555. The third-order valence-electron chi connectivity index (χ3n) is 5.29. The van der Waals surface area contributed by atoms with Crippen molar-refractivity contribution >= 4 is 5.91 Å². The molecule has 0 atom stereocenters. The highest BCUT2D eigenvalue weighted by molar-refractivity contribution is 5.89. The highest BCUT2D eigenvalue weighted by Gasteiger charge is 2.47. The molecule has 0 spiro atoms. The Morgan fingerprint density at radius 3 is 2.35 bits per heavy atom. The summed E-state index contributed by atoms with van der Waals surface area (Å²) in [4.78, 5) is 14.7. The van der Waals surface area contributed by atoms with Crippen molar-refractivity contribution in [1.29, 1.82) is 0 Å². The Balaban J connectivity index is 1.63. The predicted molar refractivity (Wildman–Crippen MR) is 77.4 cm³/mol. The number of nitrogens with zero attached hydrogens (tertiary/aromatic N) is 1. The molecule has 0 unspecified atom stereocenters. The Hall–Kier alpha value is -0.650. The molecule has 3 fully saturated rings. The zero-order chi connectivity index (χ0) is 14.1. The first-order valence-corrected chi connectivity index (χ1v) is 8.05. The van der Waals surface area contributed by atoms with Crippen LogP contribution in [0.25, 0.3) is 0 Å². The second-order valence-corrected chi connectivity index (χ2v) is 6.72. The molecule has 3 N–H and O–H groups in total. The summed E-state index contributed by atoms with van der Waals surface area (Å²) in [6, 6.07) is 0. The summed E-state index contributed by atoms with van der Waals surface area (Å²) in [6.07, 6.45) is 7.89. The van der Waals surface area contributed by atoms with E-state index in [1.54, 1.807) is 0 Å². The van der Waals surface area contributed by atoms with Crippen molar-refractivity contribution in [3.8, 4) is 0 Å². The van der Waals surface area contributed by atoms with Gasteiger partial charge in [-0.2, -0.15) is 0 Å². The van der Waals surface area contributed by atoms with Gasteiger partial charge >= 0.3 is 0 Å². The fourth-order valence-electron chi connectivity index (χ4n) is 3.63. The number of hydrogen-bond donors (Lipinski definition) is 2. The minimum Gasteiger partial charge on any atom is -0.379 e. The van der Waals surface area contributed by atoms with Gasteiger partial charge in [-0.3, -0.25) is 9.69 Å². The Morgan fingerprint density at radius 2 is 1.75 bits per heavy atom. The highest BCUT2D eigenvalue weighted by Crippen LogP contribution is 2.35. The maximum Gasteiger partial charge on any atom is 0.240 e. The fourth-order valence-corrected chi connectivity index (χ4v) is 3.63. The molecule has 0 bridgehead atoms. The summed E-state index contributed by atoms with van der Waals surface area (Å²) in [5.41, 5.74) is 5.57. The van der Waals surface area contributed by atoms with Gasteiger partial charge in [0.05, 0.1) is 18.8 Å². The van der Waals surface area contributed by atoms with Crippen LogP contribution in [0.2, 0.25) is 0 Å². The van der Waals surface area contributed by atoms with Crippen LogP contribution in [0.3, 0.4) is 0 Å². The molecule has 0 aromatic heterocycles. The number of ether oxygens (including phenoxy) is 1. The quantitative estimate of drug-likeness (QED) is 0.793. The van der Waals surface area contributed by atoms with Crippen LogP contribution in [0.4, 0.5) is 0 Å².